The minimum atomic E-state index is -1.45. The first-order valence-corrected chi connectivity index (χ1v) is 6.92. The Morgan fingerprint density at radius 3 is 2.46 bits per heavy atom. The molecular formula is C18H10N2O4. The Morgan fingerprint density at radius 2 is 1.79 bits per heavy atom. The number of hydrogen-bond acceptors (Lipinski definition) is 5. The predicted octanol–water partition coefficient (Wildman–Crippen LogP) is 2.88. The first-order chi connectivity index (χ1) is 11.5. The van der Waals surface area contributed by atoms with Crippen LogP contribution in [0.3, 0.4) is 0 Å². The predicted molar refractivity (Wildman–Crippen MR) is 86.2 cm³/mol. The van der Waals surface area contributed by atoms with Crippen LogP contribution in [-0.2, 0) is 4.79 Å². The van der Waals surface area contributed by atoms with Crippen molar-refractivity contribution in [1.82, 2.24) is 0 Å². The molecule has 0 saturated carbocycles. The molecule has 2 aromatic rings. The Kier molecular flexibility index (Phi) is 3.68. The Labute approximate surface area is 136 Å². The molecule has 1 aliphatic carbocycles. The molecule has 2 aromatic carbocycles. The van der Waals surface area contributed by atoms with Gasteiger partial charge in [-0.05, 0) is 18.2 Å². The van der Waals surface area contributed by atoms with Gasteiger partial charge in [-0.2, -0.15) is 5.26 Å². The minimum Gasteiger partial charge on any atom is -0.506 e. The van der Waals surface area contributed by atoms with Gasteiger partial charge in [-0.15, -0.1) is 0 Å². The highest BCUT2D eigenvalue weighted by atomic mass is 16.4. The van der Waals surface area contributed by atoms with Crippen LogP contribution < -0.4 is 0 Å². The number of aliphatic imine (C=N–C) groups is 1. The second kappa shape index (κ2) is 5.82. The highest BCUT2D eigenvalue weighted by Crippen LogP contribution is 2.30. The van der Waals surface area contributed by atoms with Crippen molar-refractivity contribution in [2.24, 2.45) is 4.99 Å². The zero-order valence-electron chi connectivity index (χ0n) is 12.2. The maximum atomic E-state index is 12.6. The van der Waals surface area contributed by atoms with Gasteiger partial charge < -0.3 is 10.2 Å². The number of nitrogens with zero attached hydrogens (tertiary/aromatic N) is 2. The number of carbonyl (C=O) groups is 2. The van der Waals surface area contributed by atoms with Crippen LogP contribution in [-0.4, -0.2) is 27.7 Å². The van der Waals surface area contributed by atoms with E-state index >= 15 is 0 Å². The monoisotopic (exact) mass is 318 g/mol. The zero-order chi connectivity index (χ0) is 17.3. The summed E-state index contributed by atoms with van der Waals surface area (Å²) in [6.07, 6.45) is 0. The molecule has 116 valence electrons. The second-order valence-electron chi connectivity index (χ2n) is 5.03. The zero-order valence-corrected chi connectivity index (χ0v) is 12.2. The molecule has 0 amide bonds. The largest absolute Gasteiger partial charge is 0.506 e. The molecule has 6 nitrogen and oxygen atoms in total. The number of carboxylic acid groups (broad SMARTS) is 1. The Balaban J connectivity index is 2.25. The van der Waals surface area contributed by atoms with Gasteiger partial charge in [-0.1, -0.05) is 30.3 Å². The topological polar surface area (TPSA) is 111 Å². The van der Waals surface area contributed by atoms with Crippen molar-refractivity contribution in [1.29, 1.82) is 5.26 Å². The molecule has 0 atom stereocenters. The van der Waals surface area contributed by atoms with Gasteiger partial charge in [0.15, 0.2) is 0 Å². The van der Waals surface area contributed by atoms with Gasteiger partial charge in [0.1, 0.15) is 17.0 Å². The maximum Gasteiger partial charge on any atom is 0.341 e. The van der Waals surface area contributed by atoms with Crippen LogP contribution >= 0.6 is 0 Å². The molecule has 24 heavy (non-hydrogen) atoms. The quantitative estimate of drug-likeness (QED) is 0.884. The Bertz CT molecular complexity index is 981. The van der Waals surface area contributed by atoms with E-state index in [0.717, 1.165) is 0 Å². The summed E-state index contributed by atoms with van der Waals surface area (Å²) in [5.41, 5.74) is -0.0106. The lowest BCUT2D eigenvalue weighted by atomic mass is 9.87. The number of carbonyl (C=O) groups excluding carboxylic acids is 1. The average molecular weight is 318 g/mol. The summed E-state index contributed by atoms with van der Waals surface area (Å²) in [7, 11) is 0. The van der Waals surface area contributed by atoms with Gasteiger partial charge in [-0.3, -0.25) is 4.79 Å². The highest BCUT2D eigenvalue weighted by Gasteiger charge is 2.34. The van der Waals surface area contributed by atoms with Gasteiger partial charge >= 0.3 is 5.97 Å². The van der Waals surface area contributed by atoms with Gasteiger partial charge in [0, 0.05) is 11.1 Å². The number of ketones is 1. The van der Waals surface area contributed by atoms with E-state index in [1.165, 1.54) is 24.3 Å². The smallest absolute Gasteiger partial charge is 0.341 e. The van der Waals surface area contributed by atoms with Crippen LogP contribution in [0.25, 0.3) is 5.76 Å². The van der Waals surface area contributed by atoms with Crippen molar-refractivity contribution in [3.05, 3.63) is 70.8 Å². The van der Waals surface area contributed by atoms with Gasteiger partial charge in [0.25, 0.3) is 0 Å². The van der Waals surface area contributed by atoms with Crippen molar-refractivity contribution in [2.45, 2.75) is 0 Å². The number of aliphatic hydroxyl groups excluding tert-OH is 1. The fourth-order valence-corrected chi connectivity index (χ4v) is 2.46. The number of rotatable bonds is 2. The van der Waals surface area contributed by atoms with Crippen LogP contribution in [0.1, 0.15) is 21.5 Å². The fraction of sp³-hybridized carbons (Fsp3) is 0. The molecule has 0 heterocycles. The summed E-state index contributed by atoms with van der Waals surface area (Å²) in [6, 6.07) is 14.2. The molecule has 0 radical (unpaired) electrons. The summed E-state index contributed by atoms with van der Waals surface area (Å²) in [5, 5.41) is 28.6. The van der Waals surface area contributed by atoms with Crippen molar-refractivity contribution < 1.29 is 19.8 Å². The summed E-state index contributed by atoms with van der Waals surface area (Å²) >= 11 is 0. The van der Waals surface area contributed by atoms with Crippen molar-refractivity contribution >= 4 is 28.9 Å². The van der Waals surface area contributed by atoms with Crippen LogP contribution in [0.15, 0.2) is 59.1 Å². The van der Waals surface area contributed by atoms with Crippen molar-refractivity contribution in [3.63, 3.8) is 0 Å². The van der Waals surface area contributed by atoms with E-state index in [9.17, 15) is 19.8 Å². The van der Waals surface area contributed by atoms with Crippen LogP contribution in [0.4, 0.5) is 5.69 Å². The van der Waals surface area contributed by atoms with Crippen molar-refractivity contribution in [3.8, 4) is 6.07 Å². The molecule has 0 unspecified atom stereocenters. The summed E-state index contributed by atoms with van der Waals surface area (Å²) in [4.78, 5) is 28.2. The van der Waals surface area contributed by atoms with Crippen molar-refractivity contribution in [2.75, 3.05) is 0 Å². The standard InChI is InChI=1S/C18H10N2O4/c19-9-10-4-3-5-11(8-10)20-15-14(18(23)24)16(21)12-6-1-2-7-13(12)17(15)22/h1-8,21H,(H,23,24). The normalized spacial score (nSPS) is 15.1. The molecule has 0 bridgehead atoms. The summed E-state index contributed by atoms with van der Waals surface area (Å²) < 4.78 is 0. The molecule has 0 aromatic heterocycles. The first kappa shape index (κ1) is 15.2. The van der Waals surface area contributed by atoms with E-state index in [2.05, 4.69) is 4.99 Å². The fourth-order valence-electron chi connectivity index (χ4n) is 2.46. The number of benzene rings is 2. The molecule has 0 saturated heterocycles. The molecule has 0 aliphatic heterocycles. The number of aliphatic hydroxyl groups is 1. The highest BCUT2D eigenvalue weighted by molar-refractivity contribution is 6.59. The van der Waals surface area contributed by atoms with E-state index in [-0.39, 0.29) is 22.5 Å². The van der Waals surface area contributed by atoms with Gasteiger partial charge in [-0.25, -0.2) is 9.79 Å². The molecule has 0 spiro atoms. The number of hydrogen-bond donors (Lipinski definition) is 2. The van der Waals surface area contributed by atoms with Crippen LogP contribution in [0.2, 0.25) is 0 Å². The van der Waals surface area contributed by atoms with E-state index < -0.39 is 23.1 Å². The number of carboxylic acids is 1. The van der Waals surface area contributed by atoms with Gasteiger partial charge in [0.2, 0.25) is 5.78 Å². The van der Waals surface area contributed by atoms with E-state index in [4.69, 9.17) is 5.26 Å². The molecule has 2 N–H and O–H groups in total. The van der Waals surface area contributed by atoms with Crippen LogP contribution in [0, 0.1) is 11.3 Å². The second-order valence-corrected chi connectivity index (χ2v) is 5.03. The summed E-state index contributed by atoms with van der Waals surface area (Å²) in [5.74, 6) is -2.55. The SMILES string of the molecule is N#Cc1cccc(N=C2C(=O)c3ccccc3C(O)=C2C(=O)O)c1. The number of aliphatic carboxylic acids is 1. The Hall–Kier alpha value is -3.72. The lowest BCUT2D eigenvalue weighted by Gasteiger charge is -2.18. The molecule has 6 heteroatoms. The lowest BCUT2D eigenvalue weighted by molar-refractivity contribution is -0.132. The minimum absolute atomic E-state index is 0.157. The van der Waals surface area contributed by atoms with E-state index in [1.54, 1.807) is 24.3 Å². The van der Waals surface area contributed by atoms with E-state index in [1.807, 2.05) is 6.07 Å². The number of Topliss-reactive ketones (excluding diaryl/α,β-unsaturated/α-hetero) is 1. The Morgan fingerprint density at radius 1 is 1.08 bits per heavy atom. The third-order valence-electron chi connectivity index (χ3n) is 3.55. The average Bonchev–Trinajstić information content (AvgIpc) is 2.59. The molecule has 1 aliphatic rings. The third-order valence-corrected chi connectivity index (χ3v) is 3.55. The third kappa shape index (κ3) is 2.44. The van der Waals surface area contributed by atoms with E-state index in [0.29, 0.717) is 5.56 Å². The number of nitriles is 1. The molecule has 0 fully saturated rings. The lowest BCUT2D eigenvalue weighted by Crippen LogP contribution is -2.28. The molecular weight excluding hydrogens is 308 g/mol. The molecule has 3 rings (SSSR count). The summed E-state index contributed by atoms with van der Waals surface area (Å²) in [6.45, 7) is 0. The number of fused-ring (bicyclic) bond motifs is 1. The first-order valence-electron chi connectivity index (χ1n) is 6.92. The van der Waals surface area contributed by atoms with Crippen LogP contribution in [0.5, 0.6) is 0 Å². The maximum absolute atomic E-state index is 12.6. The van der Waals surface area contributed by atoms with Gasteiger partial charge in [0.05, 0.1) is 17.3 Å².